The van der Waals surface area contributed by atoms with Gasteiger partial charge < -0.3 is 25.4 Å². The van der Waals surface area contributed by atoms with Gasteiger partial charge in [0, 0.05) is 44.4 Å². The number of anilines is 6. The maximum absolute atomic E-state index is 13.5. The van der Waals surface area contributed by atoms with E-state index in [-0.39, 0.29) is 44.6 Å². The molecule has 0 unspecified atom stereocenters. The van der Waals surface area contributed by atoms with E-state index in [1.54, 1.807) is 6.07 Å². The normalized spacial score (nSPS) is 14.5. The third kappa shape index (κ3) is 6.23. The lowest BCUT2D eigenvalue weighted by Crippen LogP contribution is -2.38. The standard InChI is InChI=1S/C26H26BrF3N8O4S/c1-37(43(40,41)26(28,29)30)23-19(5-4-18-22(23)32-10-9-31-18)34-24-17(27)14-33-25(36-24)35-20-13-15(3-6-21(20)42-2)38-11-7-16(39)8-12-38/h3-6,9-10,13-14,16,39H,7-8,11-12H2,1-2H3,(H2,33,34,35,36). The molecule has 0 bridgehead atoms. The fraction of sp³-hybridized carbons (Fsp3) is 0.308. The molecule has 1 saturated heterocycles. The summed E-state index contributed by atoms with van der Waals surface area (Å²) in [6, 6.07) is 8.45. The molecule has 228 valence electrons. The molecule has 1 aliphatic rings. The summed E-state index contributed by atoms with van der Waals surface area (Å²) < 4.78 is 71.4. The lowest BCUT2D eigenvalue weighted by atomic mass is 10.1. The van der Waals surface area contributed by atoms with Crippen LogP contribution in [0.15, 0.2) is 53.4 Å². The Balaban J connectivity index is 1.50. The predicted octanol–water partition coefficient (Wildman–Crippen LogP) is 4.93. The molecule has 43 heavy (non-hydrogen) atoms. The van der Waals surface area contributed by atoms with Crippen molar-refractivity contribution in [2.24, 2.45) is 0 Å². The largest absolute Gasteiger partial charge is 0.516 e. The second kappa shape index (κ2) is 12.0. The van der Waals surface area contributed by atoms with E-state index < -0.39 is 15.5 Å². The predicted molar refractivity (Wildman–Crippen MR) is 160 cm³/mol. The third-order valence-corrected chi connectivity index (χ3v) is 8.91. The van der Waals surface area contributed by atoms with Gasteiger partial charge in [0.05, 0.1) is 34.6 Å². The fourth-order valence-electron chi connectivity index (χ4n) is 4.59. The number of benzene rings is 2. The SMILES string of the molecule is COc1ccc(N2CCC(O)CC2)cc1Nc1ncc(Br)c(Nc2ccc3nccnc3c2N(C)S(=O)(=O)C(F)(F)F)n1. The minimum absolute atomic E-state index is 0.0273. The van der Waals surface area contributed by atoms with Gasteiger partial charge in [-0.15, -0.1) is 0 Å². The average molecular weight is 684 g/mol. The summed E-state index contributed by atoms with van der Waals surface area (Å²) in [6.45, 7) is 1.37. The number of methoxy groups -OCH3 is 1. The number of halogens is 4. The maximum atomic E-state index is 13.5. The van der Waals surface area contributed by atoms with E-state index in [2.05, 4.69) is 51.4 Å². The number of sulfonamides is 1. The molecule has 2 aromatic heterocycles. The van der Waals surface area contributed by atoms with Gasteiger partial charge in [-0.1, -0.05) is 0 Å². The Labute approximate surface area is 253 Å². The van der Waals surface area contributed by atoms with Crippen molar-refractivity contribution in [2.45, 2.75) is 24.5 Å². The summed E-state index contributed by atoms with van der Waals surface area (Å²) >= 11 is 3.35. The maximum Gasteiger partial charge on any atom is 0.516 e. The van der Waals surface area contributed by atoms with Crippen molar-refractivity contribution in [1.29, 1.82) is 0 Å². The van der Waals surface area contributed by atoms with Crippen LogP contribution in [0.5, 0.6) is 5.75 Å². The zero-order valence-corrected chi connectivity index (χ0v) is 25.2. The smallest absolute Gasteiger partial charge is 0.495 e. The van der Waals surface area contributed by atoms with Crippen LogP contribution in [0.4, 0.5) is 47.7 Å². The molecule has 3 heterocycles. The Morgan fingerprint density at radius 3 is 2.49 bits per heavy atom. The summed E-state index contributed by atoms with van der Waals surface area (Å²) in [5.74, 6) is 0.754. The van der Waals surface area contributed by atoms with E-state index in [0.717, 1.165) is 12.7 Å². The first-order chi connectivity index (χ1) is 20.4. The number of nitrogens with one attached hydrogen (secondary N) is 2. The number of aliphatic hydroxyl groups excluding tert-OH is 1. The molecular weight excluding hydrogens is 657 g/mol. The van der Waals surface area contributed by atoms with Gasteiger partial charge in [-0.05, 0) is 59.1 Å². The highest BCUT2D eigenvalue weighted by molar-refractivity contribution is 9.10. The monoisotopic (exact) mass is 682 g/mol. The first-order valence-electron chi connectivity index (χ1n) is 12.9. The van der Waals surface area contributed by atoms with E-state index in [4.69, 9.17) is 4.74 Å². The third-order valence-electron chi connectivity index (χ3n) is 6.84. The van der Waals surface area contributed by atoms with Crippen LogP contribution in [0.3, 0.4) is 0 Å². The van der Waals surface area contributed by atoms with E-state index in [1.807, 2.05) is 12.1 Å². The van der Waals surface area contributed by atoms with Crippen molar-refractivity contribution in [3.63, 3.8) is 0 Å². The molecule has 5 rings (SSSR count). The molecule has 17 heteroatoms. The molecule has 4 aromatic rings. The van der Waals surface area contributed by atoms with Crippen LogP contribution in [0.25, 0.3) is 11.0 Å². The summed E-state index contributed by atoms with van der Waals surface area (Å²) in [4.78, 5) is 19.1. The van der Waals surface area contributed by atoms with Gasteiger partial charge >= 0.3 is 15.5 Å². The van der Waals surface area contributed by atoms with E-state index in [1.165, 1.54) is 37.8 Å². The minimum atomic E-state index is -5.78. The molecular formula is C26H26BrF3N8O4S. The molecule has 3 N–H and O–H groups in total. The number of aliphatic hydroxyl groups is 1. The Morgan fingerprint density at radius 1 is 1.07 bits per heavy atom. The number of aromatic nitrogens is 4. The fourth-order valence-corrected chi connectivity index (χ4v) is 5.62. The summed E-state index contributed by atoms with van der Waals surface area (Å²) in [5.41, 5.74) is -4.38. The number of rotatable bonds is 8. The Kier molecular flexibility index (Phi) is 8.49. The van der Waals surface area contributed by atoms with Gasteiger partial charge in [0.2, 0.25) is 5.95 Å². The highest BCUT2D eigenvalue weighted by Gasteiger charge is 2.50. The minimum Gasteiger partial charge on any atom is -0.495 e. The van der Waals surface area contributed by atoms with Crippen LogP contribution >= 0.6 is 15.9 Å². The molecule has 2 aromatic carbocycles. The van der Waals surface area contributed by atoms with Crippen LogP contribution in [0.2, 0.25) is 0 Å². The van der Waals surface area contributed by atoms with Crippen LogP contribution in [-0.4, -0.2) is 72.3 Å². The zero-order valence-electron chi connectivity index (χ0n) is 22.8. The number of piperidine rings is 1. The van der Waals surface area contributed by atoms with Crippen molar-refractivity contribution < 1.29 is 31.4 Å². The second-order valence-corrected chi connectivity index (χ2v) is 12.4. The van der Waals surface area contributed by atoms with Crippen LogP contribution in [-0.2, 0) is 10.0 Å². The topological polar surface area (TPSA) is 146 Å². The first kappa shape index (κ1) is 30.5. The number of alkyl halides is 3. The molecule has 1 fully saturated rings. The number of hydrogen-bond donors (Lipinski definition) is 3. The van der Waals surface area contributed by atoms with E-state index >= 15 is 0 Å². The number of nitrogens with zero attached hydrogens (tertiary/aromatic N) is 6. The Hall–Kier alpha value is -3.96. The summed E-state index contributed by atoms with van der Waals surface area (Å²) in [5, 5.41) is 15.9. The zero-order chi connectivity index (χ0) is 30.9. The number of fused-ring (bicyclic) bond motifs is 1. The molecule has 0 aliphatic carbocycles. The molecule has 0 amide bonds. The molecule has 1 aliphatic heterocycles. The first-order valence-corrected chi connectivity index (χ1v) is 15.1. The number of ether oxygens (including phenoxy) is 1. The molecule has 0 radical (unpaired) electrons. The van der Waals surface area contributed by atoms with Gasteiger partial charge in [0.15, 0.2) is 0 Å². The van der Waals surface area contributed by atoms with Gasteiger partial charge in [-0.3, -0.25) is 14.3 Å². The Morgan fingerprint density at radius 2 is 1.79 bits per heavy atom. The molecule has 0 atom stereocenters. The van der Waals surface area contributed by atoms with Gasteiger partial charge in [0.1, 0.15) is 22.8 Å². The Bertz CT molecular complexity index is 1750. The van der Waals surface area contributed by atoms with E-state index in [9.17, 15) is 26.7 Å². The van der Waals surface area contributed by atoms with Crippen molar-refractivity contribution >= 4 is 71.5 Å². The van der Waals surface area contributed by atoms with Crippen molar-refractivity contribution in [2.75, 3.05) is 47.1 Å². The van der Waals surface area contributed by atoms with Crippen molar-refractivity contribution in [3.8, 4) is 5.75 Å². The highest BCUT2D eigenvalue weighted by Crippen LogP contribution is 2.40. The number of hydrogen-bond acceptors (Lipinski definition) is 11. The summed E-state index contributed by atoms with van der Waals surface area (Å²) in [7, 11) is -3.47. The molecule has 0 saturated carbocycles. The lowest BCUT2D eigenvalue weighted by Gasteiger charge is -2.32. The van der Waals surface area contributed by atoms with Gasteiger partial charge in [-0.2, -0.15) is 26.6 Å². The highest BCUT2D eigenvalue weighted by atomic mass is 79.9. The summed E-state index contributed by atoms with van der Waals surface area (Å²) in [6.07, 6.45) is 5.01. The van der Waals surface area contributed by atoms with Crippen LogP contribution in [0.1, 0.15) is 12.8 Å². The van der Waals surface area contributed by atoms with Crippen molar-refractivity contribution in [3.05, 3.63) is 53.4 Å². The van der Waals surface area contributed by atoms with Crippen LogP contribution in [0, 0.1) is 0 Å². The lowest BCUT2D eigenvalue weighted by molar-refractivity contribution is -0.0436. The van der Waals surface area contributed by atoms with Gasteiger partial charge in [0.25, 0.3) is 0 Å². The second-order valence-electron chi connectivity index (χ2n) is 9.55. The van der Waals surface area contributed by atoms with Crippen LogP contribution < -0.4 is 24.6 Å². The quantitative estimate of drug-likeness (QED) is 0.233. The van der Waals surface area contributed by atoms with E-state index in [0.29, 0.717) is 41.8 Å². The average Bonchev–Trinajstić information content (AvgIpc) is 2.98. The molecule has 0 spiro atoms. The van der Waals surface area contributed by atoms with Gasteiger partial charge in [-0.25, -0.2) is 4.98 Å². The van der Waals surface area contributed by atoms with Crippen molar-refractivity contribution in [1.82, 2.24) is 19.9 Å². The molecule has 12 nitrogen and oxygen atoms in total.